The van der Waals surface area contributed by atoms with Crippen LogP contribution in [-0.2, 0) is 0 Å². The van der Waals surface area contributed by atoms with E-state index in [9.17, 15) is 17.6 Å². The maximum absolute atomic E-state index is 13.8. The van der Waals surface area contributed by atoms with E-state index in [2.05, 4.69) is 0 Å². The van der Waals surface area contributed by atoms with Crippen LogP contribution in [0.3, 0.4) is 0 Å². The van der Waals surface area contributed by atoms with E-state index in [1.54, 1.807) is 30.2 Å². The maximum atomic E-state index is 13.8. The summed E-state index contributed by atoms with van der Waals surface area (Å²) < 4.78 is 55.2. The minimum Gasteiger partial charge on any atom is -0.494 e. The molecule has 0 fully saturated rings. The number of halogens is 4. The predicted molar refractivity (Wildman–Crippen MR) is 75.9 cm³/mol. The van der Waals surface area contributed by atoms with Crippen LogP contribution in [0.25, 0.3) is 11.1 Å². The monoisotopic (exact) mass is 308 g/mol. The van der Waals surface area contributed by atoms with Gasteiger partial charge in [0.15, 0.2) is 0 Å². The Morgan fingerprint density at radius 2 is 1.64 bits per heavy atom. The minimum atomic E-state index is -4.64. The van der Waals surface area contributed by atoms with Gasteiger partial charge in [-0.25, -0.2) is 4.39 Å². The van der Waals surface area contributed by atoms with E-state index in [4.69, 9.17) is 4.74 Å². The van der Waals surface area contributed by atoms with Crippen LogP contribution < -0.4 is 4.74 Å². The number of ether oxygens (including phenoxy) is 1. The molecule has 0 spiro atoms. The van der Waals surface area contributed by atoms with Gasteiger partial charge in [-0.3, -0.25) is 0 Å². The van der Waals surface area contributed by atoms with Crippen molar-refractivity contribution in [2.75, 3.05) is 6.61 Å². The number of benzene rings is 2. The van der Waals surface area contributed by atoms with Crippen LogP contribution in [0.5, 0.6) is 5.75 Å². The Morgan fingerprint density at radius 1 is 1.00 bits per heavy atom. The van der Waals surface area contributed by atoms with Gasteiger partial charge in [-0.2, -0.15) is 13.2 Å². The predicted octanol–water partition coefficient (Wildman–Crippen LogP) is 4.81. The zero-order valence-electron chi connectivity index (χ0n) is 11.7. The van der Waals surface area contributed by atoms with Crippen LogP contribution in [0, 0.1) is 17.7 Å². The molecule has 22 heavy (non-hydrogen) atoms. The summed E-state index contributed by atoms with van der Waals surface area (Å²) in [6.07, 6.45) is -4.64. The van der Waals surface area contributed by atoms with Crippen LogP contribution in [0.4, 0.5) is 17.6 Å². The number of hydrogen-bond donors (Lipinski definition) is 0. The minimum absolute atomic E-state index is 0.285. The van der Waals surface area contributed by atoms with Gasteiger partial charge >= 0.3 is 6.18 Å². The van der Waals surface area contributed by atoms with Gasteiger partial charge in [0.05, 0.1) is 12.2 Å². The quantitative estimate of drug-likeness (QED) is 0.584. The first-order chi connectivity index (χ1) is 10.4. The molecular weight excluding hydrogens is 296 g/mol. The molecule has 0 saturated carbocycles. The number of hydrogen-bond acceptors (Lipinski definition) is 1. The molecule has 0 aromatic heterocycles. The average molecular weight is 308 g/mol. The summed E-state index contributed by atoms with van der Waals surface area (Å²) in [5.74, 6) is 2.75. The molecule has 0 bridgehead atoms. The van der Waals surface area contributed by atoms with Gasteiger partial charge in [-0.05, 0) is 42.3 Å². The zero-order valence-corrected chi connectivity index (χ0v) is 11.7. The third-order valence-corrected chi connectivity index (χ3v) is 2.81. The van der Waals surface area contributed by atoms with Crippen molar-refractivity contribution < 1.29 is 22.3 Å². The van der Waals surface area contributed by atoms with E-state index >= 15 is 0 Å². The van der Waals surface area contributed by atoms with Crippen molar-refractivity contribution in [1.29, 1.82) is 0 Å². The van der Waals surface area contributed by atoms with Gasteiger partial charge in [-0.15, -0.1) is 0 Å². The highest BCUT2D eigenvalue weighted by atomic mass is 19.4. The second-order valence-corrected chi connectivity index (χ2v) is 4.40. The lowest BCUT2D eigenvalue weighted by atomic mass is 10.0. The second-order valence-electron chi connectivity index (χ2n) is 4.40. The Balaban J connectivity index is 2.26. The average Bonchev–Trinajstić information content (AvgIpc) is 2.46. The zero-order chi connectivity index (χ0) is 16.2. The van der Waals surface area contributed by atoms with Gasteiger partial charge in [0, 0.05) is 5.92 Å². The van der Waals surface area contributed by atoms with Gasteiger partial charge in [-0.1, -0.05) is 24.1 Å². The van der Waals surface area contributed by atoms with Crippen molar-refractivity contribution in [3.8, 4) is 28.7 Å². The summed E-state index contributed by atoms with van der Waals surface area (Å²) >= 11 is 0. The fourth-order valence-corrected chi connectivity index (χ4v) is 1.84. The van der Waals surface area contributed by atoms with Gasteiger partial charge < -0.3 is 4.74 Å². The smallest absolute Gasteiger partial charge is 0.458 e. The van der Waals surface area contributed by atoms with Gasteiger partial charge in [0.25, 0.3) is 0 Å². The van der Waals surface area contributed by atoms with E-state index < -0.39 is 12.0 Å². The SMILES string of the molecule is CCOc1ccc(-c2ccc(C#CC(F)(F)F)c(F)c2)cc1. The summed E-state index contributed by atoms with van der Waals surface area (Å²) in [5, 5.41) is 0. The fourth-order valence-electron chi connectivity index (χ4n) is 1.84. The molecular formula is C17H12F4O. The van der Waals surface area contributed by atoms with Crippen LogP contribution in [0.2, 0.25) is 0 Å². The number of rotatable bonds is 3. The Morgan fingerprint density at radius 3 is 2.18 bits per heavy atom. The summed E-state index contributed by atoms with van der Waals surface area (Å²) in [7, 11) is 0. The first kappa shape index (κ1) is 15.9. The lowest BCUT2D eigenvalue weighted by Crippen LogP contribution is -2.01. The van der Waals surface area contributed by atoms with Crippen molar-refractivity contribution in [2.45, 2.75) is 13.1 Å². The molecule has 0 heterocycles. The molecule has 0 saturated heterocycles. The van der Waals surface area contributed by atoms with Crippen LogP contribution >= 0.6 is 0 Å². The molecule has 0 amide bonds. The summed E-state index contributed by atoms with van der Waals surface area (Å²) in [6.45, 7) is 2.41. The Bertz CT molecular complexity index is 706. The third-order valence-electron chi connectivity index (χ3n) is 2.81. The summed E-state index contributed by atoms with van der Waals surface area (Å²) in [6, 6.07) is 10.9. The molecule has 0 unspecified atom stereocenters. The van der Waals surface area contributed by atoms with Crippen molar-refractivity contribution in [3.05, 3.63) is 53.8 Å². The van der Waals surface area contributed by atoms with Crippen LogP contribution in [-0.4, -0.2) is 12.8 Å². The largest absolute Gasteiger partial charge is 0.494 e. The fraction of sp³-hybridized carbons (Fsp3) is 0.176. The molecule has 0 N–H and O–H groups in total. The van der Waals surface area contributed by atoms with Crippen molar-refractivity contribution >= 4 is 0 Å². The molecule has 2 aromatic rings. The molecule has 0 aliphatic heterocycles. The first-order valence-corrected chi connectivity index (χ1v) is 6.52. The molecule has 0 radical (unpaired) electrons. The highest BCUT2D eigenvalue weighted by Gasteiger charge is 2.23. The Hall–Kier alpha value is -2.48. The third kappa shape index (κ3) is 4.26. The van der Waals surface area contributed by atoms with Crippen molar-refractivity contribution in [3.63, 3.8) is 0 Å². The molecule has 0 aliphatic carbocycles. The van der Waals surface area contributed by atoms with Gasteiger partial charge in [0.1, 0.15) is 11.6 Å². The maximum Gasteiger partial charge on any atom is 0.458 e. The molecule has 2 rings (SSSR count). The van der Waals surface area contributed by atoms with E-state index in [-0.39, 0.29) is 5.56 Å². The molecule has 2 aromatic carbocycles. The molecule has 0 aliphatic rings. The number of alkyl halides is 3. The van der Waals surface area contributed by atoms with Crippen LogP contribution in [0.15, 0.2) is 42.5 Å². The molecule has 5 heteroatoms. The molecule has 114 valence electrons. The second kappa shape index (κ2) is 6.52. The molecule has 1 nitrogen and oxygen atoms in total. The topological polar surface area (TPSA) is 9.23 Å². The lowest BCUT2D eigenvalue weighted by Gasteiger charge is -2.06. The Labute approximate surface area is 125 Å². The standard InChI is InChI=1S/C17H12F4O/c1-2-22-15-7-5-12(6-8-15)14-4-3-13(16(18)11-14)9-10-17(19,20)21/h3-8,11H,2H2,1H3. The van der Waals surface area contributed by atoms with E-state index in [0.717, 1.165) is 17.6 Å². The van der Waals surface area contributed by atoms with E-state index in [1.807, 2.05) is 6.92 Å². The van der Waals surface area contributed by atoms with Gasteiger partial charge in [0.2, 0.25) is 0 Å². The molecule has 0 atom stereocenters. The van der Waals surface area contributed by atoms with Crippen molar-refractivity contribution in [1.82, 2.24) is 0 Å². The Kier molecular flexibility index (Phi) is 4.71. The van der Waals surface area contributed by atoms with E-state index in [0.29, 0.717) is 17.9 Å². The first-order valence-electron chi connectivity index (χ1n) is 6.52. The highest BCUT2D eigenvalue weighted by molar-refractivity contribution is 5.65. The summed E-state index contributed by atoms with van der Waals surface area (Å²) in [4.78, 5) is 0. The van der Waals surface area contributed by atoms with Crippen molar-refractivity contribution in [2.24, 2.45) is 0 Å². The van der Waals surface area contributed by atoms with Crippen LogP contribution in [0.1, 0.15) is 12.5 Å². The highest BCUT2D eigenvalue weighted by Crippen LogP contribution is 2.24. The summed E-state index contributed by atoms with van der Waals surface area (Å²) in [5.41, 5.74) is 1.00. The normalized spacial score (nSPS) is 10.8. The van der Waals surface area contributed by atoms with E-state index in [1.165, 1.54) is 12.1 Å². The lowest BCUT2D eigenvalue weighted by molar-refractivity contribution is -0.0696.